The van der Waals surface area contributed by atoms with Gasteiger partial charge in [0.25, 0.3) is 0 Å². The maximum atomic E-state index is 11.0. The van der Waals surface area contributed by atoms with Crippen LogP contribution in [0.15, 0.2) is 18.3 Å². The first-order valence-electron chi connectivity index (χ1n) is 4.09. The largest absolute Gasteiger partial charge is 0.465 e. The molecule has 1 aromatic heterocycles. The van der Waals surface area contributed by atoms with E-state index in [2.05, 4.69) is 9.72 Å². The van der Waals surface area contributed by atoms with Gasteiger partial charge in [0, 0.05) is 11.9 Å². The first-order chi connectivity index (χ1) is 6.27. The highest BCUT2D eigenvalue weighted by atomic mass is 16.5. The highest BCUT2D eigenvalue weighted by molar-refractivity contribution is 5.88. The molecule has 3 heteroatoms. The van der Waals surface area contributed by atoms with Crippen LogP contribution in [0.1, 0.15) is 23.0 Å². The van der Waals surface area contributed by atoms with Gasteiger partial charge in [0.2, 0.25) is 0 Å². The number of aromatic nitrogens is 1. The van der Waals surface area contributed by atoms with E-state index in [-0.39, 0.29) is 5.97 Å². The van der Waals surface area contributed by atoms with Crippen LogP contribution in [0.4, 0.5) is 0 Å². The van der Waals surface area contributed by atoms with Crippen molar-refractivity contribution in [1.29, 1.82) is 0 Å². The van der Waals surface area contributed by atoms with Crippen molar-refractivity contribution in [3.05, 3.63) is 36.0 Å². The maximum absolute atomic E-state index is 11.0. The lowest BCUT2D eigenvalue weighted by Gasteiger charge is -2.00. The molecule has 1 aromatic rings. The average molecular weight is 178 g/mol. The van der Waals surface area contributed by atoms with Crippen LogP contribution < -0.4 is 0 Å². The molecule has 1 heterocycles. The van der Waals surface area contributed by atoms with Crippen molar-refractivity contribution >= 4 is 5.97 Å². The summed E-state index contributed by atoms with van der Waals surface area (Å²) < 4.78 is 4.55. The zero-order valence-electron chi connectivity index (χ0n) is 7.78. The van der Waals surface area contributed by atoms with Crippen LogP contribution >= 0.6 is 0 Å². The fraction of sp³-hybridized carbons (Fsp3) is 0.300. The number of ether oxygens (including phenoxy) is 1. The van der Waals surface area contributed by atoms with Crippen LogP contribution in [0.25, 0.3) is 0 Å². The molecule has 0 atom stereocenters. The summed E-state index contributed by atoms with van der Waals surface area (Å²) in [5, 5.41) is 0. The van der Waals surface area contributed by atoms with Crippen molar-refractivity contribution in [2.45, 2.75) is 13.3 Å². The van der Waals surface area contributed by atoms with Crippen LogP contribution in [-0.4, -0.2) is 18.1 Å². The second-order valence-corrected chi connectivity index (χ2v) is 2.64. The molecule has 0 unspecified atom stereocenters. The van der Waals surface area contributed by atoms with Crippen LogP contribution in [0, 0.1) is 6.42 Å². The van der Waals surface area contributed by atoms with Gasteiger partial charge in [-0.3, -0.25) is 4.98 Å². The Labute approximate surface area is 77.8 Å². The van der Waals surface area contributed by atoms with Crippen LogP contribution in [0.3, 0.4) is 0 Å². The third-order valence-electron chi connectivity index (χ3n) is 1.66. The number of rotatable bonds is 3. The Bertz CT molecular complexity index is 279. The van der Waals surface area contributed by atoms with Gasteiger partial charge in [0.1, 0.15) is 0 Å². The molecule has 0 N–H and O–H groups in total. The van der Waals surface area contributed by atoms with E-state index in [1.54, 1.807) is 6.07 Å². The molecular weight excluding hydrogens is 166 g/mol. The topological polar surface area (TPSA) is 39.2 Å². The van der Waals surface area contributed by atoms with Gasteiger partial charge in [-0.2, -0.15) is 0 Å². The summed E-state index contributed by atoms with van der Waals surface area (Å²) in [5.41, 5.74) is 1.44. The van der Waals surface area contributed by atoms with E-state index >= 15 is 0 Å². The van der Waals surface area contributed by atoms with Crippen LogP contribution in [0.5, 0.6) is 0 Å². The first-order valence-corrected chi connectivity index (χ1v) is 4.09. The molecule has 13 heavy (non-hydrogen) atoms. The van der Waals surface area contributed by atoms with Crippen LogP contribution in [0.2, 0.25) is 0 Å². The molecule has 1 radical (unpaired) electrons. The first kappa shape index (κ1) is 9.71. The molecule has 0 fully saturated rings. The lowest BCUT2D eigenvalue weighted by Crippen LogP contribution is -2.02. The molecule has 0 aliphatic heterocycles. The van der Waals surface area contributed by atoms with Crippen molar-refractivity contribution in [2.24, 2.45) is 0 Å². The van der Waals surface area contributed by atoms with Gasteiger partial charge < -0.3 is 4.74 Å². The Kier molecular flexibility index (Phi) is 3.43. The molecule has 0 spiro atoms. The van der Waals surface area contributed by atoms with Crippen molar-refractivity contribution in [3.8, 4) is 0 Å². The van der Waals surface area contributed by atoms with Crippen LogP contribution in [-0.2, 0) is 11.2 Å². The predicted molar refractivity (Wildman–Crippen MR) is 49.3 cm³/mol. The molecule has 0 aliphatic rings. The highest BCUT2D eigenvalue weighted by Crippen LogP contribution is 2.03. The molecular formula is C10H12NO2. The highest BCUT2D eigenvalue weighted by Gasteiger charge is 2.04. The van der Waals surface area contributed by atoms with Crippen molar-refractivity contribution < 1.29 is 9.53 Å². The smallest absolute Gasteiger partial charge is 0.339 e. The third-order valence-corrected chi connectivity index (χ3v) is 1.66. The minimum absolute atomic E-state index is 0.348. The van der Waals surface area contributed by atoms with E-state index in [0.29, 0.717) is 5.56 Å². The number of hydrogen-bond donors (Lipinski definition) is 0. The van der Waals surface area contributed by atoms with E-state index in [1.807, 2.05) is 19.4 Å². The zero-order chi connectivity index (χ0) is 9.68. The zero-order valence-corrected chi connectivity index (χ0v) is 7.78. The minimum atomic E-state index is -0.348. The summed E-state index contributed by atoms with van der Waals surface area (Å²) in [7, 11) is 1.36. The Balaban J connectivity index is 2.75. The number of hydrogen-bond acceptors (Lipinski definition) is 3. The average Bonchev–Trinajstić information content (AvgIpc) is 2.18. The summed E-state index contributed by atoms with van der Waals surface area (Å²) in [6.07, 6.45) is 4.37. The van der Waals surface area contributed by atoms with Gasteiger partial charge in [0.15, 0.2) is 0 Å². The lowest BCUT2D eigenvalue weighted by atomic mass is 10.2. The third kappa shape index (κ3) is 2.54. The normalized spacial score (nSPS) is 9.69. The fourth-order valence-electron chi connectivity index (χ4n) is 0.993. The number of carbonyl (C=O) groups is 1. The Morgan fingerprint density at radius 3 is 2.85 bits per heavy atom. The number of pyridine rings is 1. The summed E-state index contributed by atoms with van der Waals surface area (Å²) in [6.45, 7) is 1.97. The van der Waals surface area contributed by atoms with Gasteiger partial charge in [-0.25, -0.2) is 4.79 Å². The molecule has 3 nitrogen and oxygen atoms in total. The second kappa shape index (κ2) is 4.60. The van der Waals surface area contributed by atoms with E-state index in [9.17, 15) is 4.79 Å². The van der Waals surface area contributed by atoms with Crippen molar-refractivity contribution in [3.63, 3.8) is 0 Å². The van der Waals surface area contributed by atoms with E-state index < -0.39 is 0 Å². The standard InChI is InChI=1S/C10H12NO2/c1-3-4-9-6-5-8(7-11-9)10(12)13-2/h3,5-7H,4H2,1-2H3. The summed E-state index contributed by atoms with van der Waals surface area (Å²) in [6, 6.07) is 3.55. The van der Waals surface area contributed by atoms with Crippen molar-refractivity contribution in [2.75, 3.05) is 7.11 Å². The summed E-state index contributed by atoms with van der Waals surface area (Å²) >= 11 is 0. The number of nitrogens with zero attached hydrogens (tertiary/aromatic N) is 1. The van der Waals surface area contributed by atoms with Gasteiger partial charge >= 0.3 is 5.97 Å². The van der Waals surface area contributed by atoms with E-state index in [1.165, 1.54) is 13.3 Å². The predicted octanol–water partition coefficient (Wildman–Crippen LogP) is 1.63. The number of carbonyl (C=O) groups excluding carboxylic acids is 1. The fourth-order valence-corrected chi connectivity index (χ4v) is 0.993. The van der Waals surface area contributed by atoms with E-state index in [4.69, 9.17) is 0 Å². The van der Waals surface area contributed by atoms with Gasteiger partial charge in [-0.15, -0.1) is 0 Å². The molecule has 0 bridgehead atoms. The molecule has 0 aliphatic carbocycles. The van der Waals surface area contributed by atoms with Crippen molar-refractivity contribution in [1.82, 2.24) is 4.98 Å². The molecule has 0 saturated carbocycles. The molecule has 0 amide bonds. The van der Waals surface area contributed by atoms with Gasteiger partial charge in [-0.1, -0.05) is 6.92 Å². The molecule has 0 saturated heterocycles. The number of methoxy groups -OCH3 is 1. The minimum Gasteiger partial charge on any atom is -0.465 e. The van der Waals surface area contributed by atoms with Gasteiger partial charge in [-0.05, 0) is 25.0 Å². The second-order valence-electron chi connectivity index (χ2n) is 2.64. The Morgan fingerprint density at radius 1 is 1.62 bits per heavy atom. The molecule has 1 rings (SSSR count). The molecule has 0 aromatic carbocycles. The lowest BCUT2D eigenvalue weighted by molar-refractivity contribution is 0.0600. The summed E-state index contributed by atoms with van der Waals surface area (Å²) in [5.74, 6) is -0.348. The summed E-state index contributed by atoms with van der Waals surface area (Å²) in [4.78, 5) is 15.1. The Morgan fingerprint density at radius 2 is 2.38 bits per heavy atom. The quantitative estimate of drug-likeness (QED) is 0.660. The molecule has 69 valence electrons. The SMILES string of the molecule is C[CH]Cc1ccc(C(=O)OC)cn1. The maximum Gasteiger partial charge on any atom is 0.339 e. The number of esters is 1. The van der Waals surface area contributed by atoms with E-state index in [0.717, 1.165) is 12.1 Å². The van der Waals surface area contributed by atoms with Gasteiger partial charge in [0.05, 0.1) is 12.7 Å². The monoisotopic (exact) mass is 178 g/mol. The Hall–Kier alpha value is -1.38.